The van der Waals surface area contributed by atoms with Crippen LogP contribution in [0.5, 0.6) is 11.5 Å². The minimum absolute atomic E-state index is 0.0730. The molecule has 0 saturated carbocycles. The first-order chi connectivity index (χ1) is 20.1. The Morgan fingerprint density at radius 1 is 1.02 bits per heavy atom. The van der Waals surface area contributed by atoms with E-state index in [1.807, 2.05) is 6.08 Å². The minimum Gasteiger partial charge on any atom is -0.508 e. The number of carbonyl (C=O) groups excluding carboxylic acids is 4. The number of hydrogen-bond acceptors (Lipinski definition) is 8. The molecule has 2 amide bonds. The molecule has 2 aromatic rings. The highest BCUT2D eigenvalue weighted by Gasteiger charge is 2.57. The predicted octanol–water partition coefficient (Wildman–Crippen LogP) is 4.29. The summed E-state index contributed by atoms with van der Waals surface area (Å²) in [5.74, 6) is -3.26. The summed E-state index contributed by atoms with van der Waals surface area (Å²) in [4.78, 5) is 66.1. The Labute approximate surface area is 239 Å². The van der Waals surface area contributed by atoms with Crippen molar-refractivity contribution < 1.29 is 33.9 Å². The molecule has 0 bridgehead atoms. The Morgan fingerprint density at radius 3 is 2.52 bits per heavy atom. The Balaban J connectivity index is 1.31. The van der Waals surface area contributed by atoms with E-state index in [9.17, 15) is 34.4 Å². The second-order valence-corrected chi connectivity index (χ2v) is 11.3. The van der Waals surface area contributed by atoms with Gasteiger partial charge in [-0.1, -0.05) is 11.6 Å². The van der Waals surface area contributed by atoms with Crippen molar-refractivity contribution in [3.63, 3.8) is 0 Å². The first-order valence-electron chi connectivity index (χ1n) is 13.6. The fraction of sp³-hybridized carbons (Fsp3) is 0.250. The molecule has 5 aliphatic rings. The van der Waals surface area contributed by atoms with E-state index in [0.29, 0.717) is 28.9 Å². The number of nitro benzene ring substituents is 1. The number of phenols is 1. The maximum Gasteiger partial charge on any atom is 0.269 e. The number of ketones is 2. The van der Waals surface area contributed by atoms with Gasteiger partial charge in [0.05, 0.1) is 28.7 Å². The summed E-state index contributed by atoms with van der Waals surface area (Å²) in [6, 6.07) is 10.1. The second kappa shape index (κ2) is 9.20. The molecule has 42 heavy (non-hydrogen) atoms. The predicted molar refractivity (Wildman–Crippen MR) is 148 cm³/mol. The number of fused-ring (bicyclic) bond motifs is 4. The fourth-order valence-electron chi connectivity index (χ4n) is 7.15. The molecule has 2 aliphatic heterocycles. The van der Waals surface area contributed by atoms with Crippen molar-refractivity contribution in [2.75, 3.05) is 4.90 Å². The molecular formula is C32H24N2O8. The monoisotopic (exact) mass is 564 g/mol. The van der Waals surface area contributed by atoms with Crippen LogP contribution in [-0.4, -0.2) is 33.4 Å². The molecule has 7 rings (SSSR count). The van der Waals surface area contributed by atoms with E-state index in [-0.39, 0.29) is 41.5 Å². The van der Waals surface area contributed by atoms with Gasteiger partial charge in [0.15, 0.2) is 11.6 Å². The second-order valence-electron chi connectivity index (χ2n) is 11.3. The molecule has 2 aromatic carbocycles. The Hall–Kier alpha value is -5.12. The van der Waals surface area contributed by atoms with Gasteiger partial charge in [-0.25, -0.2) is 0 Å². The van der Waals surface area contributed by atoms with Crippen LogP contribution in [0.15, 0.2) is 88.7 Å². The molecule has 10 heteroatoms. The van der Waals surface area contributed by atoms with Gasteiger partial charge in [-0.15, -0.1) is 0 Å². The topological polar surface area (TPSA) is 144 Å². The van der Waals surface area contributed by atoms with Gasteiger partial charge in [-0.05, 0) is 67.7 Å². The first kappa shape index (κ1) is 25.8. The summed E-state index contributed by atoms with van der Waals surface area (Å²) in [7, 11) is 0. The van der Waals surface area contributed by atoms with E-state index in [1.165, 1.54) is 36.4 Å². The van der Waals surface area contributed by atoms with E-state index in [1.54, 1.807) is 25.3 Å². The zero-order valence-electron chi connectivity index (χ0n) is 22.4. The lowest BCUT2D eigenvalue weighted by molar-refractivity contribution is -0.384. The highest BCUT2D eigenvalue weighted by Crippen LogP contribution is 2.55. The lowest BCUT2D eigenvalue weighted by Gasteiger charge is -2.43. The van der Waals surface area contributed by atoms with E-state index in [0.717, 1.165) is 21.6 Å². The summed E-state index contributed by atoms with van der Waals surface area (Å²) >= 11 is 0. The third-order valence-electron chi connectivity index (χ3n) is 9.03. The average molecular weight is 565 g/mol. The number of aromatic hydroxyl groups is 1. The third-order valence-corrected chi connectivity index (χ3v) is 9.03. The molecule has 10 nitrogen and oxygen atoms in total. The van der Waals surface area contributed by atoms with E-state index >= 15 is 0 Å². The summed E-state index contributed by atoms with van der Waals surface area (Å²) in [5, 5.41) is 21.2. The molecule has 1 N–H and O–H groups in total. The Morgan fingerprint density at radius 2 is 1.79 bits per heavy atom. The number of anilines is 1. The molecule has 4 atom stereocenters. The van der Waals surface area contributed by atoms with Gasteiger partial charge in [-0.2, -0.15) is 0 Å². The third kappa shape index (κ3) is 3.71. The SMILES string of the molecule is CC1=CC(=O)C2=C(C1=O)C(C1=COc3ccc(O)cc3C1)C1=CCC3C(=O)N(c4ccc([N+](=O)[O-])cc4)C(=O)C3C1C2. The first-order valence-corrected chi connectivity index (χ1v) is 13.6. The lowest BCUT2D eigenvalue weighted by atomic mass is 9.58. The number of Topliss-reactive ketones (excluding diaryl/α,β-unsaturated/α-hetero) is 1. The van der Waals surface area contributed by atoms with Crippen LogP contribution in [0.1, 0.15) is 25.3 Å². The quantitative estimate of drug-likeness (QED) is 0.191. The van der Waals surface area contributed by atoms with Crippen LogP contribution in [0.25, 0.3) is 0 Å². The van der Waals surface area contributed by atoms with Gasteiger partial charge in [0.1, 0.15) is 11.5 Å². The van der Waals surface area contributed by atoms with Crippen LogP contribution in [0.3, 0.4) is 0 Å². The number of non-ortho nitro benzene ring substituents is 1. The molecule has 210 valence electrons. The molecule has 2 heterocycles. The zero-order chi connectivity index (χ0) is 29.4. The number of amides is 2. The number of ether oxygens (including phenoxy) is 1. The molecule has 0 spiro atoms. The average Bonchev–Trinajstić information content (AvgIpc) is 3.24. The number of allylic oxidation sites excluding steroid dienone is 7. The van der Waals surface area contributed by atoms with E-state index < -0.39 is 40.4 Å². The molecule has 0 radical (unpaired) electrons. The van der Waals surface area contributed by atoms with Crippen molar-refractivity contribution in [3.8, 4) is 11.5 Å². The van der Waals surface area contributed by atoms with Crippen LogP contribution in [0, 0.1) is 33.8 Å². The zero-order valence-corrected chi connectivity index (χ0v) is 22.4. The van der Waals surface area contributed by atoms with Crippen molar-refractivity contribution in [1.82, 2.24) is 0 Å². The molecule has 0 aromatic heterocycles. The number of rotatable bonds is 3. The van der Waals surface area contributed by atoms with Gasteiger partial charge < -0.3 is 9.84 Å². The van der Waals surface area contributed by atoms with Gasteiger partial charge in [0, 0.05) is 46.8 Å². The molecule has 1 fully saturated rings. The van der Waals surface area contributed by atoms with Crippen molar-refractivity contribution >= 4 is 34.8 Å². The van der Waals surface area contributed by atoms with Crippen molar-refractivity contribution in [2.24, 2.45) is 23.7 Å². The van der Waals surface area contributed by atoms with E-state index in [2.05, 4.69) is 0 Å². The van der Waals surface area contributed by atoms with Gasteiger partial charge in [-0.3, -0.25) is 34.2 Å². The van der Waals surface area contributed by atoms with Crippen molar-refractivity contribution in [2.45, 2.75) is 26.2 Å². The Bertz CT molecular complexity index is 1780. The van der Waals surface area contributed by atoms with E-state index in [4.69, 9.17) is 4.74 Å². The standard InChI is InChI=1S/C32H24N2O8/c1-15-10-25(36)24-13-23-21(27(29(24)30(15)37)17-11-16-12-20(35)6-9-26(16)42-14-17)7-8-22-28(23)32(39)33(31(22)38)18-2-4-19(5-3-18)34(40)41/h2-7,9-10,12,14,22-23,27-28,35H,8,11,13H2,1H3. The maximum atomic E-state index is 14.0. The van der Waals surface area contributed by atoms with Gasteiger partial charge in [0.2, 0.25) is 11.8 Å². The highest BCUT2D eigenvalue weighted by atomic mass is 16.6. The van der Waals surface area contributed by atoms with Crippen LogP contribution in [0.2, 0.25) is 0 Å². The number of carbonyl (C=O) groups is 4. The number of imide groups is 1. The summed E-state index contributed by atoms with van der Waals surface area (Å²) in [6.07, 6.45) is 5.61. The smallest absolute Gasteiger partial charge is 0.269 e. The summed E-state index contributed by atoms with van der Waals surface area (Å²) in [6.45, 7) is 1.61. The molecule has 3 aliphatic carbocycles. The normalized spacial score (nSPS) is 26.4. The van der Waals surface area contributed by atoms with Crippen LogP contribution in [0.4, 0.5) is 11.4 Å². The maximum absolute atomic E-state index is 14.0. The fourth-order valence-corrected chi connectivity index (χ4v) is 7.15. The number of nitrogens with zero attached hydrogens (tertiary/aromatic N) is 2. The Kier molecular flexibility index (Phi) is 5.66. The minimum atomic E-state index is -0.763. The highest BCUT2D eigenvalue weighted by molar-refractivity contribution is 6.24. The van der Waals surface area contributed by atoms with Crippen LogP contribution < -0.4 is 9.64 Å². The number of phenolic OH excluding ortho intramolecular Hbond substituents is 1. The molecule has 4 unspecified atom stereocenters. The van der Waals surface area contributed by atoms with Crippen molar-refractivity contribution in [3.05, 3.63) is 104 Å². The number of benzene rings is 2. The largest absolute Gasteiger partial charge is 0.508 e. The summed E-state index contributed by atoms with van der Waals surface area (Å²) in [5.41, 5.74) is 3.40. The lowest BCUT2D eigenvalue weighted by Crippen LogP contribution is -2.41. The van der Waals surface area contributed by atoms with Crippen LogP contribution >= 0.6 is 0 Å². The molecular weight excluding hydrogens is 540 g/mol. The van der Waals surface area contributed by atoms with Gasteiger partial charge in [0.25, 0.3) is 5.69 Å². The van der Waals surface area contributed by atoms with Crippen LogP contribution in [-0.2, 0) is 25.6 Å². The number of nitro groups is 1. The van der Waals surface area contributed by atoms with Crippen molar-refractivity contribution in [1.29, 1.82) is 0 Å². The summed E-state index contributed by atoms with van der Waals surface area (Å²) < 4.78 is 5.91. The molecule has 1 saturated heterocycles. The number of hydrogen-bond donors (Lipinski definition) is 1. The van der Waals surface area contributed by atoms with Gasteiger partial charge >= 0.3 is 0 Å².